The predicted octanol–water partition coefficient (Wildman–Crippen LogP) is 3.65. The van der Waals surface area contributed by atoms with E-state index in [1.54, 1.807) is 12.1 Å². The highest BCUT2D eigenvalue weighted by atomic mass is 79.9. The molecule has 2 N–H and O–H groups in total. The molecule has 0 amide bonds. The molecule has 0 saturated carbocycles. The van der Waals surface area contributed by atoms with Gasteiger partial charge in [0.2, 0.25) is 0 Å². The van der Waals surface area contributed by atoms with Gasteiger partial charge in [-0.2, -0.15) is 0 Å². The van der Waals surface area contributed by atoms with Crippen molar-refractivity contribution in [2.75, 3.05) is 5.73 Å². The van der Waals surface area contributed by atoms with Gasteiger partial charge in [0, 0.05) is 21.6 Å². The third-order valence-electron chi connectivity index (χ3n) is 2.45. The van der Waals surface area contributed by atoms with Gasteiger partial charge in [-0.1, -0.05) is 36.2 Å². The maximum atomic E-state index is 12.0. The smallest absolute Gasteiger partial charge is 0.167 e. The molecule has 0 spiro atoms. The minimum atomic E-state index is 0.0478. The first kappa shape index (κ1) is 12.2. The number of benzene rings is 1. The van der Waals surface area contributed by atoms with Crippen LogP contribution in [0.5, 0.6) is 0 Å². The van der Waals surface area contributed by atoms with Crippen LogP contribution in [0.3, 0.4) is 0 Å². The van der Waals surface area contributed by atoms with E-state index in [1.807, 2.05) is 13.0 Å². The summed E-state index contributed by atoms with van der Waals surface area (Å²) in [6, 6.07) is 5.40. The fourth-order valence-electron chi connectivity index (χ4n) is 1.57. The summed E-state index contributed by atoms with van der Waals surface area (Å²) >= 11 is 3.34. The Kier molecular flexibility index (Phi) is 4.33. The number of rotatable bonds is 4. The molecule has 0 aromatic heterocycles. The van der Waals surface area contributed by atoms with Crippen molar-refractivity contribution < 1.29 is 4.79 Å². The van der Waals surface area contributed by atoms with Crippen LogP contribution in [0.2, 0.25) is 0 Å². The predicted molar refractivity (Wildman–Crippen MR) is 67.0 cm³/mol. The Morgan fingerprint density at radius 3 is 2.80 bits per heavy atom. The number of carbonyl (C=O) groups is 1. The van der Waals surface area contributed by atoms with E-state index in [-0.39, 0.29) is 11.7 Å². The van der Waals surface area contributed by atoms with Gasteiger partial charge in [-0.3, -0.25) is 4.79 Å². The van der Waals surface area contributed by atoms with Gasteiger partial charge in [0.25, 0.3) is 0 Å². The van der Waals surface area contributed by atoms with Gasteiger partial charge < -0.3 is 5.73 Å². The highest BCUT2D eigenvalue weighted by Gasteiger charge is 2.16. The summed E-state index contributed by atoms with van der Waals surface area (Å²) in [5.41, 5.74) is 6.97. The molecule has 2 nitrogen and oxygen atoms in total. The number of hydrogen-bond donors (Lipinski definition) is 1. The standard InChI is InChI=1S/C12H16BrNO/c1-3-4-8(2)12(15)10-7-9(13)5-6-11(10)14/h5-8H,3-4,14H2,1-2H3. The monoisotopic (exact) mass is 269 g/mol. The fraction of sp³-hybridized carbons (Fsp3) is 0.417. The van der Waals surface area contributed by atoms with Gasteiger partial charge in [-0.05, 0) is 24.6 Å². The second-order valence-electron chi connectivity index (χ2n) is 3.79. The van der Waals surface area contributed by atoms with Crippen LogP contribution in [0, 0.1) is 5.92 Å². The molecule has 0 aliphatic carbocycles. The topological polar surface area (TPSA) is 43.1 Å². The average Bonchev–Trinajstić information content (AvgIpc) is 2.21. The van der Waals surface area contributed by atoms with Crippen LogP contribution in [0.15, 0.2) is 22.7 Å². The summed E-state index contributed by atoms with van der Waals surface area (Å²) in [6.07, 6.45) is 1.92. The molecule has 0 saturated heterocycles. The maximum absolute atomic E-state index is 12.0. The van der Waals surface area contributed by atoms with Crippen molar-refractivity contribution in [3.05, 3.63) is 28.2 Å². The molecule has 0 aliphatic heterocycles. The Labute approximate surface area is 99.0 Å². The molecule has 0 heterocycles. The van der Waals surface area contributed by atoms with E-state index in [1.165, 1.54) is 0 Å². The van der Waals surface area contributed by atoms with E-state index < -0.39 is 0 Å². The molecule has 3 heteroatoms. The molecule has 1 rings (SSSR count). The molecule has 15 heavy (non-hydrogen) atoms. The lowest BCUT2D eigenvalue weighted by Crippen LogP contribution is -2.13. The Balaban J connectivity index is 2.95. The van der Waals surface area contributed by atoms with E-state index >= 15 is 0 Å². The van der Waals surface area contributed by atoms with E-state index in [9.17, 15) is 4.79 Å². The van der Waals surface area contributed by atoms with E-state index in [2.05, 4.69) is 22.9 Å². The van der Waals surface area contributed by atoms with Gasteiger partial charge >= 0.3 is 0 Å². The van der Waals surface area contributed by atoms with E-state index in [0.717, 1.165) is 17.3 Å². The molecule has 1 unspecified atom stereocenters. The van der Waals surface area contributed by atoms with Crippen LogP contribution in [-0.4, -0.2) is 5.78 Å². The second-order valence-corrected chi connectivity index (χ2v) is 4.70. The molecule has 82 valence electrons. The van der Waals surface area contributed by atoms with Crippen molar-refractivity contribution in [3.8, 4) is 0 Å². The third-order valence-corrected chi connectivity index (χ3v) is 2.94. The Morgan fingerprint density at radius 1 is 1.53 bits per heavy atom. The van der Waals surface area contributed by atoms with Gasteiger partial charge in [0.15, 0.2) is 5.78 Å². The molecule has 0 aliphatic rings. The summed E-state index contributed by atoms with van der Waals surface area (Å²) < 4.78 is 0.892. The van der Waals surface area contributed by atoms with Gasteiger partial charge in [-0.25, -0.2) is 0 Å². The second kappa shape index (κ2) is 5.31. The molecule has 1 atom stereocenters. The highest BCUT2D eigenvalue weighted by molar-refractivity contribution is 9.10. The van der Waals surface area contributed by atoms with Crippen LogP contribution < -0.4 is 5.73 Å². The van der Waals surface area contributed by atoms with Gasteiger partial charge in [-0.15, -0.1) is 0 Å². The van der Waals surface area contributed by atoms with Crippen LogP contribution in [0.1, 0.15) is 37.0 Å². The molecule has 0 bridgehead atoms. The summed E-state index contributed by atoms with van der Waals surface area (Å²) in [6.45, 7) is 4.03. The third kappa shape index (κ3) is 3.06. The number of nitrogens with two attached hydrogens (primary N) is 1. The summed E-state index contributed by atoms with van der Waals surface area (Å²) in [7, 11) is 0. The van der Waals surface area contributed by atoms with Crippen LogP contribution in [0.4, 0.5) is 5.69 Å². The number of Topliss-reactive ketones (excluding diaryl/α,β-unsaturated/α-hetero) is 1. The minimum absolute atomic E-state index is 0.0478. The maximum Gasteiger partial charge on any atom is 0.167 e. The first-order chi connectivity index (χ1) is 7.06. The van der Waals surface area contributed by atoms with Crippen LogP contribution >= 0.6 is 15.9 Å². The summed E-state index contributed by atoms with van der Waals surface area (Å²) in [5.74, 6) is 0.183. The quantitative estimate of drug-likeness (QED) is 0.670. The Bertz CT molecular complexity index is 363. The first-order valence-corrected chi connectivity index (χ1v) is 5.94. The molecular weight excluding hydrogens is 254 g/mol. The van der Waals surface area contributed by atoms with Crippen molar-refractivity contribution in [2.24, 2.45) is 5.92 Å². The Hall–Kier alpha value is -0.830. The minimum Gasteiger partial charge on any atom is -0.398 e. The van der Waals surface area contributed by atoms with Crippen molar-refractivity contribution >= 4 is 27.4 Å². The summed E-state index contributed by atoms with van der Waals surface area (Å²) in [5, 5.41) is 0. The number of ketones is 1. The number of carbonyl (C=O) groups excluding carboxylic acids is 1. The fourth-order valence-corrected chi connectivity index (χ4v) is 1.93. The van der Waals surface area contributed by atoms with Crippen molar-refractivity contribution in [1.82, 2.24) is 0 Å². The van der Waals surface area contributed by atoms with Crippen molar-refractivity contribution in [2.45, 2.75) is 26.7 Å². The molecular formula is C12H16BrNO. The van der Waals surface area contributed by atoms with E-state index in [4.69, 9.17) is 5.73 Å². The zero-order valence-corrected chi connectivity index (χ0v) is 10.7. The zero-order valence-electron chi connectivity index (χ0n) is 9.09. The van der Waals surface area contributed by atoms with E-state index in [0.29, 0.717) is 11.3 Å². The van der Waals surface area contributed by atoms with Gasteiger partial charge in [0.05, 0.1) is 0 Å². The lowest BCUT2D eigenvalue weighted by molar-refractivity contribution is 0.0924. The van der Waals surface area contributed by atoms with Crippen molar-refractivity contribution in [1.29, 1.82) is 0 Å². The SMILES string of the molecule is CCCC(C)C(=O)c1cc(Br)ccc1N. The van der Waals surface area contributed by atoms with Crippen molar-refractivity contribution in [3.63, 3.8) is 0 Å². The molecule has 1 aromatic rings. The lowest BCUT2D eigenvalue weighted by atomic mass is 9.94. The molecule has 0 radical (unpaired) electrons. The Morgan fingerprint density at radius 2 is 2.20 bits per heavy atom. The largest absolute Gasteiger partial charge is 0.398 e. The van der Waals surface area contributed by atoms with Crippen LogP contribution in [0.25, 0.3) is 0 Å². The molecule has 0 fully saturated rings. The lowest BCUT2D eigenvalue weighted by Gasteiger charge is -2.11. The number of halogens is 1. The highest BCUT2D eigenvalue weighted by Crippen LogP contribution is 2.22. The number of nitrogen functional groups attached to an aromatic ring is 1. The van der Waals surface area contributed by atoms with Gasteiger partial charge in [0.1, 0.15) is 0 Å². The molecule has 1 aromatic carbocycles. The zero-order chi connectivity index (χ0) is 11.4. The average molecular weight is 270 g/mol. The number of hydrogen-bond acceptors (Lipinski definition) is 2. The van der Waals surface area contributed by atoms with Crippen LogP contribution in [-0.2, 0) is 0 Å². The summed E-state index contributed by atoms with van der Waals surface area (Å²) in [4.78, 5) is 12.0. The normalized spacial score (nSPS) is 12.5. The first-order valence-electron chi connectivity index (χ1n) is 5.15. The number of anilines is 1.